The highest BCUT2D eigenvalue weighted by atomic mass is 35.5. The number of benzene rings is 1. The highest BCUT2D eigenvalue weighted by Gasteiger charge is 2.11. The van der Waals surface area contributed by atoms with Gasteiger partial charge in [-0.1, -0.05) is 17.7 Å². The van der Waals surface area contributed by atoms with Gasteiger partial charge in [0.15, 0.2) is 0 Å². The number of nitrogens with zero attached hydrogens (tertiary/aromatic N) is 3. The van der Waals surface area contributed by atoms with Crippen LogP contribution >= 0.6 is 11.6 Å². The molecule has 2 aromatic rings. The first-order chi connectivity index (χ1) is 10.2. The molecule has 2 heterocycles. The predicted octanol–water partition coefficient (Wildman–Crippen LogP) is 3.63. The predicted molar refractivity (Wildman–Crippen MR) is 83.2 cm³/mol. The Labute approximate surface area is 127 Å². The van der Waals surface area contributed by atoms with E-state index in [2.05, 4.69) is 15.3 Å². The minimum Gasteiger partial charge on any atom is -0.473 e. The van der Waals surface area contributed by atoms with Crippen LogP contribution in [0.5, 0.6) is 0 Å². The number of hydrogen-bond acceptors (Lipinski definition) is 4. The molecule has 0 bridgehead atoms. The summed E-state index contributed by atoms with van der Waals surface area (Å²) >= 11 is 5.89. The summed E-state index contributed by atoms with van der Waals surface area (Å²) in [6.45, 7) is 2.40. The quantitative estimate of drug-likeness (QED) is 0.942. The molecule has 0 radical (unpaired) electrons. The molecule has 0 fully saturated rings. The number of nitrogens with one attached hydrogen (secondary N) is 1. The van der Waals surface area contributed by atoms with Crippen LogP contribution in [0.2, 0.25) is 5.02 Å². The van der Waals surface area contributed by atoms with Gasteiger partial charge in [0.1, 0.15) is 12.3 Å². The molecule has 1 aromatic heterocycles. The number of ether oxygens (including phenoxy) is 1. The maximum absolute atomic E-state index is 5.89. The maximum Gasteiger partial charge on any atom is 0.211 e. The minimum atomic E-state index is 0.413. The summed E-state index contributed by atoms with van der Waals surface area (Å²) in [5.41, 5.74) is 2.91. The molecular formula is C15H15ClN4O. The lowest BCUT2D eigenvalue weighted by atomic mass is 10.3. The van der Waals surface area contributed by atoms with Crippen LogP contribution < -0.4 is 5.01 Å². The van der Waals surface area contributed by atoms with Gasteiger partial charge < -0.3 is 4.74 Å². The first kappa shape index (κ1) is 13.7. The second-order valence-electron chi connectivity index (χ2n) is 4.71. The lowest BCUT2D eigenvalue weighted by molar-refractivity contribution is 0.278. The molecule has 1 N–H and O–H groups in total. The monoisotopic (exact) mass is 302 g/mol. The fourth-order valence-corrected chi connectivity index (χ4v) is 2.08. The van der Waals surface area contributed by atoms with Crippen LogP contribution in [0.4, 0.5) is 5.69 Å². The second kappa shape index (κ2) is 6.01. The number of H-pyrrole nitrogens is 1. The molecule has 1 aromatic carbocycles. The van der Waals surface area contributed by atoms with Crippen molar-refractivity contribution in [3.05, 3.63) is 59.0 Å². The van der Waals surface area contributed by atoms with Gasteiger partial charge >= 0.3 is 0 Å². The number of anilines is 1. The average molecular weight is 303 g/mol. The molecule has 108 valence electrons. The topological polar surface area (TPSA) is 53.5 Å². The van der Waals surface area contributed by atoms with Crippen molar-refractivity contribution in [2.75, 3.05) is 5.01 Å². The summed E-state index contributed by atoms with van der Waals surface area (Å²) in [5, 5.41) is 13.9. The number of hydrazone groups is 1. The van der Waals surface area contributed by atoms with Crippen LogP contribution in [0.25, 0.3) is 0 Å². The van der Waals surface area contributed by atoms with Gasteiger partial charge in [0.05, 0.1) is 5.69 Å². The number of aromatic nitrogens is 2. The van der Waals surface area contributed by atoms with E-state index < -0.39 is 0 Å². The molecule has 0 saturated carbocycles. The van der Waals surface area contributed by atoms with Crippen molar-refractivity contribution in [1.29, 1.82) is 0 Å². The number of hydrogen-bond donors (Lipinski definition) is 1. The number of rotatable bonds is 3. The maximum atomic E-state index is 5.89. The van der Waals surface area contributed by atoms with Gasteiger partial charge in [-0.2, -0.15) is 5.10 Å². The van der Waals surface area contributed by atoms with E-state index in [9.17, 15) is 0 Å². The minimum absolute atomic E-state index is 0.413. The molecule has 0 spiro atoms. The SMILES string of the molecule is Cc1c[nH]nc1COC1=NN(c2ccc(Cl)cc2)C=CC1. The van der Waals surface area contributed by atoms with Crippen LogP contribution in [0.15, 0.2) is 47.8 Å². The number of halogens is 1. The molecule has 6 heteroatoms. The van der Waals surface area contributed by atoms with Crippen LogP contribution in [-0.2, 0) is 11.3 Å². The third-order valence-electron chi connectivity index (χ3n) is 3.16. The van der Waals surface area contributed by atoms with Crippen molar-refractivity contribution >= 4 is 23.2 Å². The normalized spacial score (nSPS) is 14.2. The van der Waals surface area contributed by atoms with Gasteiger partial charge in [0, 0.05) is 23.8 Å². The molecule has 5 nitrogen and oxygen atoms in total. The molecule has 21 heavy (non-hydrogen) atoms. The Morgan fingerprint density at radius 1 is 1.33 bits per heavy atom. The molecule has 0 unspecified atom stereocenters. The second-order valence-corrected chi connectivity index (χ2v) is 5.14. The first-order valence-corrected chi connectivity index (χ1v) is 7.01. The Balaban J connectivity index is 1.69. The third-order valence-corrected chi connectivity index (χ3v) is 3.41. The standard InChI is InChI=1S/C15H15ClN4O/c1-11-9-17-18-14(11)10-21-15-3-2-8-20(19-15)13-6-4-12(16)5-7-13/h2,4-9H,3,10H2,1H3,(H,17,18). The van der Waals surface area contributed by atoms with E-state index in [0.29, 0.717) is 23.9 Å². The molecule has 1 aliphatic heterocycles. The van der Waals surface area contributed by atoms with E-state index >= 15 is 0 Å². The molecular weight excluding hydrogens is 288 g/mol. The molecule has 3 rings (SSSR count). The van der Waals surface area contributed by atoms with Crippen molar-refractivity contribution in [3.8, 4) is 0 Å². The van der Waals surface area contributed by atoms with Gasteiger partial charge in [-0.3, -0.25) is 5.10 Å². The van der Waals surface area contributed by atoms with Crippen molar-refractivity contribution in [2.24, 2.45) is 5.10 Å². The van der Waals surface area contributed by atoms with Crippen molar-refractivity contribution < 1.29 is 4.74 Å². The highest BCUT2D eigenvalue weighted by Crippen LogP contribution is 2.21. The zero-order chi connectivity index (χ0) is 14.7. The zero-order valence-corrected chi connectivity index (χ0v) is 12.3. The Hall–Kier alpha value is -2.27. The van der Waals surface area contributed by atoms with Crippen LogP contribution in [0.1, 0.15) is 17.7 Å². The lowest BCUT2D eigenvalue weighted by Crippen LogP contribution is -2.18. The van der Waals surface area contributed by atoms with E-state index in [0.717, 1.165) is 16.9 Å². The Bertz CT molecular complexity index is 675. The van der Waals surface area contributed by atoms with Crippen molar-refractivity contribution in [3.63, 3.8) is 0 Å². The Morgan fingerprint density at radius 3 is 2.86 bits per heavy atom. The Kier molecular flexibility index (Phi) is 3.92. The van der Waals surface area contributed by atoms with Gasteiger partial charge in [0.2, 0.25) is 5.90 Å². The fourth-order valence-electron chi connectivity index (χ4n) is 1.95. The van der Waals surface area contributed by atoms with E-state index in [4.69, 9.17) is 16.3 Å². The molecule has 0 aliphatic carbocycles. The largest absolute Gasteiger partial charge is 0.473 e. The van der Waals surface area contributed by atoms with Crippen molar-refractivity contribution in [2.45, 2.75) is 20.0 Å². The van der Waals surface area contributed by atoms with Crippen molar-refractivity contribution in [1.82, 2.24) is 10.2 Å². The summed E-state index contributed by atoms with van der Waals surface area (Å²) in [6, 6.07) is 7.50. The summed E-state index contributed by atoms with van der Waals surface area (Å²) in [7, 11) is 0. The van der Waals surface area contributed by atoms with Gasteiger partial charge in [0.25, 0.3) is 0 Å². The third kappa shape index (κ3) is 3.25. The van der Waals surface area contributed by atoms with E-state index in [1.807, 2.05) is 49.7 Å². The van der Waals surface area contributed by atoms with Gasteiger partial charge in [-0.25, -0.2) is 5.01 Å². The van der Waals surface area contributed by atoms with E-state index in [1.165, 1.54) is 0 Å². The first-order valence-electron chi connectivity index (χ1n) is 6.63. The van der Waals surface area contributed by atoms with Crippen LogP contribution in [0, 0.1) is 6.92 Å². The molecule has 0 saturated heterocycles. The number of aromatic amines is 1. The smallest absolute Gasteiger partial charge is 0.211 e. The lowest BCUT2D eigenvalue weighted by Gasteiger charge is -2.20. The van der Waals surface area contributed by atoms with Gasteiger partial charge in [-0.05, 0) is 36.8 Å². The average Bonchev–Trinajstić information content (AvgIpc) is 2.91. The molecule has 1 aliphatic rings. The summed E-state index contributed by atoms with van der Waals surface area (Å²) < 4.78 is 5.73. The molecule has 0 amide bonds. The molecule has 0 atom stereocenters. The van der Waals surface area contributed by atoms with E-state index in [-0.39, 0.29) is 0 Å². The Morgan fingerprint density at radius 2 is 2.14 bits per heavy atom. The summed E-state index contributed by atoms with van der Waals surface area (Å²) in [4.78, 5) is 0. The fraction of sp³-hybridized carbons (Fsp3) is 0.200. The summed E-state index contributed by atoms with van der Waals surface area (Å²) in [5.74, 6) is 0.662. The summed E-state index contributed by atoms with van der Waals surface area (Å²) in [6.07, 6.45) is 6.44. The van der Waals surface area contributed by atoms with Crippen LogP contribution in [-0.4, -0.2) is 16.1 Å². The zero-order valence-electron chi connectivity index (χ0n) is 11.6. The number of aryl methyl sites for hydroxylation is 1. The van der Waals surface area contributed by atoms with Gasteiger partial charge in [-0.15, -0.1) is 5.10 Å². The van der Waals surface area contributed by atoms with Crippen LogP contribution in [0.3, 0.4) is 0 Å². The van der Waals surface area contributed by atoms with E-state index in [1.54, 1.807) is 5.01 Å². The highest BCUT2D eigenvalue weighted by molar-refractivity contribution is 6.30.